The summed E-state index contributed by atoms with van der Waals surface area (Å²) in [7, 11) is -2.54. The van der Waals surface area contributed by atoms with Gasteiger partial charge in [0.05, 0.1) is 14.8 Å². The minimum Gasteiger partial charge on any atom is -0.444 e. The van der Waals surface area contributed by atoms with Crippen LogP contribution in [0.5, 0.6) is 0 Å². The summed E-state index contributed by atoms with van der Waals surface area (Å²) < 4.78 is 45.8. The lowest BCUT2D eigenvalue weighted by Gasteiger charge is -2.39. The average Bonchev–Trinajstić information content (AvgIpc) is 3.64. The van der Waals surface area contributed by atoms with E-state index in [4.69, 9.17) is 25.8 Å². The predicted octanol–water partition coefficient (Wildman–Crippen LogP) is 7.50. The summed E-state index contributed by atoms with van der Waals surface area (Å²) in [4.78, 5) is 27.4. The van der Waals surface area contributed by atoms with Crippen molar-refractivity contribution in [1.82, 2.24) is 19.9 Å². The predicted molar refractivity (Wildman–Crippen MR) is 178 cm³/mol. The number of ether oxygens (including phenoxy) is 3. The second-order valence-electron chi connectivity index (χ2n) is 12.7. The summed E-state index contributed by atoms with van der Waals surface area (Å²) in [5, 5.41) is 1.24. The zero-order chi connectivity index (χ0) is 32.9. The number of sulfone groups is 1. The number of hydrogen-bond acceptors (Lipinski definition) is 9. The lowest BCUT2D eigenvalue weighted by Crippen LogP contribution is -2.39. The van der Waals surface area contributed by atoms with Gasteiger partial charge in [0.1, 0.15) is 33.5 Å². The van der Waals surface area contributed by atoms with E-state index in [1.807, 2.05) is 39.8 Å². The maximum absolute atomic E-state index is 14.5. The van der Waals surface area contributed by atoms with Crippen molar-refractivity contribution in [2.75, 3.05) is 27.0 Å². The zero-order valence-corrected chi connectivity index (χ0v) is 28.9. The molecule has 4 aromatic rings. The van der Waals surface area contributed by atoms with Gasteiger partial charge in [0, 0.05) is 49.2 Å². The molecule has 1 aliphatic heterocycles. The first kappa shape index (κ1) is 32.6. The van der Waals surface area contributed by atoms with Crippen LogP contribution in [-0.2, 0) is 29.6 Å². The topological polar surface area (TPSA) is 124 Å². The molecule has 1 aromatic carbocycles. The number of nitrogens with zero attached hydrogens (tertiary/aromatic N) is 3. The normalized spacial score (nSPS) is 16.7. The molecule has 244 valence electrons. The van der Waals surface area contributed by atoms with Crippen molar-refractivity contribution in [3.05, 3.63) is 64.0 Å². The van der Waals surface area contributed by atoms with Gasteiger partial charge in [-0.15, -0.1) is 11.3 Å². The number of rotatable bonds is 8. The molecule has 1 N–H and O–H groups in total. The molecular weight excluding hydrogens is 648 g/mol. The molecule has 0 radical (unpaired) electrons. The summed E-state index contributed by atoms with van der Waals surface area (Å²) in [5.41, 5.74) is 2.46. The number of thiazole rings is 1. The molecule has 0 bridgehead atoms. The lowest BCUT2D eigenvalue weighted by atomic mass is 9.80. The third-order valence-electron chi connectivity index (χ3n) is 8.24. The molecule has 0 atom stereocenters. The number of aromatic amines is 1. The van der Waals surface area contributed by atoms with Gasteiger partial charge in [-0.1, -0.05) is 29.3 Å². The number of aryl methyl sites for hydroxylation is 1. The third kappa shape index (κ3) is 6.21. The summed E-state index contributed by atoms with van der Waals surface area (Å²) in [6.07, 6.45) is 7.91. The van der Waals surface area contributed by atoms with Crippen molar-refractivity contribution in [2.45, 2.75) is 74.4 Å². The van der Waals surface area contributed by atoms with Gasteiger partial charge >= 0.3 is 6.09 Å². The van der Waals surface area contributed by atoms with Crippen molar-refractivity contribution in [3.63, 3.8) is 0 Å². The highest BCUT2D eigenvalue weighted by Crippen LogP contribution is 2.48. The number of aromatic nitrogens is 3. The van der Waals surface area contributed by atoms with Gasteiger partial charge in [0.15, 0.2) is 0 Å². The molecule has 0 unspecified atom stereocenters. The number of benzene rings is 1. The fraction of sp³-hybridized carbons (Fsp3) is 0.424. The van der Waals surface area contributed by atoms with Crippen LogP contribution in [0.25, 0.3) is 27.0 Å². The SMILES string of the molecule is COCOC1(c2ncc(-c3cc(C)ccc3S(=O)(=O)c3c(Cl)cnc4[nH]c(C5=CCN(C(=O)OC(C)(C)C)CC5)cc34)s2)CCC1. The number of methoxy groups -OCH3 is 1. The van der Waals surface area contributed by atoms with Crippen LogP contribution in [0.15, 0.2) is 52.5 Å². The molecule has 6 rings (SSSR count). The summed E-state index contributed by atoms with van der Waals surface area (Å²) >= 11 is 8.08. The van der Waals surface area contributed by atoms with Gasteiger partial charge in [0.2, 0.25) is 9.84 Å². The number of H-pyrrole nitrogens is 1. The summed E-state index contributed by atoms with van der Waals surface area (Å²) in [6, 6.07) is 7.06. The molecule has 2 aliphatic rings. The Kier molecular flexibility index (Phi) is 8.79. The monoisotopic (exact) mass is 684 g/mol. The van der Waals surface area contributed by atoms with E-state index in [-0.39, 0.29) is 27.7 Å². The maximum atomic E-state index is 14.5. The molecule has 0 spiro atoms. The van der Waals surface area contributed by atoms with Crippen LogP contribution in [0.4, 0.5) is 4.79 Å². The summed E-state index contributed by atoms with van der Waals surface area (Å²) in [6.45, 7) is 8.44. The number of carbonyl (C=O) groups is 1. The Morgan fingerprint density at radius 2 is 1.96 bits per heavy atom. The van der Waals surface area contributed by atoms with Crippen molar-refractivity contribution in [1.29, 1.82) is 0 Å². The van der Waals surface area contributed by atoms with Crippen LogP contribution in [0, 0.1) is 6.92 Å². The van der Waals surface area contributed by atoms with E-state index in [0.717, 1.165) is 46.0 Å². The van der Waals surface area contributed by atoms with Gasteiger partial charge in [-0.2, -0.15) is 0 Å². The zero-order valence-electron chi connectivity index (χ0n) is 26.5. The van der Waals surface area contributed by atoms with Crippen LogP contribution in [-0.4, -0.2) is 67.0 Å². The number of halogens is 1. The minimum absolute atomic E-state index is 0.0119. The number of amides is 1. The lowest BCUT2D eigenvalue weighted by molar-refractivity contribution is -0.171. The van der Waals surface area contributed by atoms with Gasteiger partial charge in [-0.25, -0.2) is 23.2 Å². The third-order valence-corrected chi connectivity index (χ3v) is 11.8. The number of hydrogen-bond donors (Lipinski definition) is 1. The molecule has 10 nitrogen and oxygen atoms in total. The minimum atomic E-state index is -4.13. The van der Waals surface area contributed by atoms with E-state index in [0.29, 0.717) is 36.1 Å². The van der Waals surface area contributed by atoms with Crippen molar-refractivity contribution < 1.29 is 27.4 Å². The first-order chi connectivity index (χ1) is 21.8. The van der Waals surface area contributed by atoms with E-state index in [1.54, 1.807) is 36.4 Å². The molecule has 4 heterocycles. The van der Waals surface area contributed by atoms with Crippen molar-refractivity contribution >= 4 is 55.5 Å². The van der Waals surface area contributed by atoms with Crippen molar-refractivity contribution in [2.24, 2.45) is 0 Å². The Balaban J connectivity index is 1.36. The van der Waals surface area contributed by atoms with E-state index in [9.17, 15) is 13.2 Å². The quantitative estimate of drug-likeness (QED) is 0.189. The largest absolute Gasteiger partial charge is 0.444 e. The first-order valence-corrected chi connectivity index (χ1v) is 17.8. The Labute approximate surface area is 277 Å². The molecule has 0 saturated heterocycles. The maximum Gasteiger partial charge on any atom is 0.410 e. The number of carbonyl (C=O) groups excluding carboxylic acids is 1. The Morgan fingerprint density at radius 1 is 1.17 bits per heavy atom. The molecule has 13 heteroatoms. The van der Waals surface area contributed by atoms with Gasteiger partial charge in [-0.3, -0.25) is 0 Å². The molecule has 1 aliphatic carbocycles. The van der Waals surface area contributed by atoms with Crippen LogP contribution in [0.3, 0.4) is 0 Å². The highest BCUT2D eigenvalue weighted by molar-refractivity contribution is 7.92. The number of pyridine rings is 1. The molecule has 3 aromatic heterocycles. The Hall–Kier alpha value is -3.29. The van der Waals surface area contributed by atoms with E-state index < -0.39 is 21.0 Å². The number of nitrogens with one attached hydrogen (secondary N) is 1. The van der Waals surface area contributed by atoms with Gasteiger partial charge in [-0.05, 0) is 77.2 Å². The Morgan fingerprint density at radius 3 is 2.61 bits per heavy atom. The molecule has 1 amide bonds. The molecular formula is C33H37ClN4O6S2. The van der Waals surface area contributed by atoms with Crippen LogP contribution >= 0.6 is 22.9 Å². The second kappa shape index (κ2) is 12.4. The number of fused-ring (bicyclic) bond motifs is 1. The molecule has 1 saturated carbocycles. The molecule has 46 heavy (non-hydrogen) atoms. The average molecular weight is 685 g/mol. The van der Waals surface area contributed by atoms with E-state index in [1.165, 1.54) is 17.5 Å². The van der Waals surface area contributed by atoms with Crippen LogP contribution in [0.2, 0.25) is 5.02 Å². The van der Waals surface area contributed by atoms with Gasteiger partial charge < -0.3 is 24.1 Å². The highest BCUT2D eigenvalue weighted by Gasteiger charge is 2.43. The second-order valence-corrected chi connectivity index (χ2v) is 16.0. The first-order valence-electron chi connectivity index (χ1n) is 15.1. The smallest absolute Gasteiger partial charge is 0.410 e. The molecule has 1 fully saturated rings. The van der Waals surface area contributed by atoms with E-state index in [2.05, 4.69) is 15.0 Å². The fourth-order valence-corrected chi connectivity index (χ4v) is 9.11. The van der Waals surface area contributed by atoms with Crippen molar-refractivity contribution in [3.8, 4) is 10.4 Å². The van der Waals surface area contributed by atoms with Crippen LogP contribution < -0.4 is 0 Å². The van der Waals surface area contributed by atoms with Crippen LogP contribution in [0.1, 0.15) is 62.7 Å². The van der Waals surface area contributed by atoms with Gasteiger partial charge in [0.25, 0.3) is 0 Å². The highest BCUT2D eigenvalue weighted by atomic mass is 35.5. The standard InChI is InChI=1S/C33H37ClN4O6S2/c1-20-7-8-27(22(15-20)26-18-36-30(45-26)33(11-6-12-33)43-19-42-5)46(40,41)28-23-16-25(37-29(23)35-17-24(28)34)21-9-13-38(14-10-21)31(39)44-32(2,3)4/h7-9,15-18H,6,10-14,19H2,1-5H3,(H,35,37). The summed E-state index contributed by atoms with van der Waals surface area (Å²) in [5.74, 6) is 0. The Bertz CT molecular complexity index is 1940. The fourth-order valence-electron chi connectivity index (χ4n) is 5.76. The van der Waals surface area contributed by atoms with E-state index >= 15 is 0 Å².